The van der Waals surface area contributed by atoms with E-state index < -0.39 is 11.9 Å². The average molecular weight is 319 g/mol. The average Bonchev–Trinajstić information content (AvgIpc) is 2.56. The Labute approximate surface area is 136 Å². The molecular weight excluding hydrogens is 298 g/mol. The molecular formula is C17H21NO5. The van der Waals surface area contributed by atoms with Crippen LogP contribution in [0.3, 0.4) is 0 Å². The molecule has 0 amide bonds. The van der Waals surface area contributed by atoms with Gasteiger partial charge in [-0.2, -0.15) is 5.26 Å². The second-order valence-electron chi connectivity index (χ2n) is 4.67. The van der Waals surface area contributed by atoms with Gasteiger partial charge in [0.25, 0.3) is 0 Å². The highest BCUT2D eigenvalue weighted by atomic mass is 16.5. The summed E-state index contributed by atoms with van der Waals surface area (Å²) in [7, 11) is 0. The van der Waals surface area contributed by atoms with Gasteiger partial charge in [0.1, 0.15) is 11.7 Å². The first-order chi connectivity index (χ1) is 11.1. The van der Waals surface area contributed by atoms with E-state index in [1.54, 1.807) is 38.1 Å². The molecule has 0 N–H and O–H groups in total. The van der Waals surface area contributed by atoms with Crippen molar-refractivity contribution in [2.45, 2.75) is 26.7 Å². The van der Waals surface area contributed by atoms with Crippen LogP contribution in [-0.4, -0.2) is 31.8 Å². The van der Waals surface area contributed by atoms with E-state index in [1.807, 2.05) is 6.07 Å². The number of carbonyl (C=O) groups is 2. The summed E-state index contributed by atoms with van der Waals surface area (Å²) in [6.45, 7) is 4.42. The minimum Gasteiger partial charge on any atom is -0.494 e. The highest BCUT2D eigenvalue weighted by Gasteiger charge is 2.18. The molecule has 0 saturated heterocycles. The predicted molar refractivity (Wildman–Crippen MR) is 82.9 cm³/mol. The first-order valence-electron chi connectivity index (χ1n) is 7.58. The van der Waals surface area contributed by atoms with Crippen molar-refractivity contribution in [3.63, 3.8) is 0 Å². The molecule has 0 heterocycles. The normalized spacial score (nSPS) is 11.2. The number of nitrogens with zero attached hydrogens (tertiary/aromatic N) is 1. The van der Waals surface area contributed by atoms with Crippen LogP contribution in [0.4, 0.5) is 0 Å². The highest BCUT2D eigenvalue weighted by molar-refractivity contribution is 5.89. The number of benzene rings is 1. The first-order valence-corrected chi connectivity index (χ1v) is 7.58. The van der Waals surface area contributed by atoms with Crippen LogP contribution in [0, 0.1) is 17.2 Å². The lowest BCUT2D eigenvalue weighted by molar-refractivity contribution is -0.146. The number of carbonyl (C=O) groups excluding carboxylic acids is 2. The van der Waals surface area contributed by atoms with E-state index >= 15 is 0 Å². The molecule has 1 unspecified atom stereocenters. The Hall–Kier alpha value is -2.55. The second kappa shape index (κ2) is 10.2. The zero-order valence-electron chi connectivity index (χ0n) is 13.4. The Morgan fingerprint density at radius 2 is 1.78 bits per heavy atom. The number of hydrogen-bond acceptors (Lipinski definition) is 6. The summed E-state index contributed by atoms with van der Waals surface area (Å²) in [6, 6.07) is 8.55. The van der Waals surface area contributed by atoms with Crippen LogP contribution < -0.4 is 4.74 Å². The first kappa shape index (κ1) is 18.5. The van der Waals surface area contributed by atoms with E-state index in [0.717, 1.165) is 0 Å². The summed E-state index contributed by atoms with van der Waals surface area (Å²) in [5, 5.41) is 8.93. The van der Waals surface area contributed by atoms with Crippen molar-refractivity contribution in [1.82, 2.24) is 0 Å². The van der Waals surface area contributed by atoms with Crippen molar-refractivity contribution >= 4 is 11.9 Å². The Balaban J connectivity index is 2.37. The van der Waals surface area contributed by atoms with Crippen molar-refractivity contribution in [3.05, 3.63) is 29.8 Å². The van der Waals surface area contributed by atoms with Crippen LogP contribution in [0.15, 0.2) is 24.3 Å². The third-order valence-corrected chi connectivity index (χ3v) is 3.00. The van der Waals surface area contributed by atoms with E-state index in [0.29, 0.717) is 37.4 Å². The van der Waals surface area contributed by atoms with Crippen LogP contribution in [0.1, 0.15) is 37.0 Å². The van der Waals surface area contributed by atoms with E-state index in [4.69, 9.17) is 19.5 Å². The number of rotatable bonds is 9. The van der Waals surface area contributed by atoms with E-state index in [9.17, 15) is 9.59 Å². The van der Waals surface area contributed by atoms with Crippen molar-refractivity contribution in [2.75, 3.05) is 19.8 Å². The molecule has 1 rings (SSSR count). The SMILES string of the molecule is CCOC(=O)c1ccc(OCCCC(C#N)C(=O)OCC)cc1. The van der Waals surface area contributed by atoms with Gasteiger partial charge in [-0.1, -0.05) is 0 Å². The van der Waals surface area contributed by atoms with Crippen molar-refractivity contribution in [3.8, 4) is 11.8 Å². The van der Waals surface area contributed by atoms with Gasteiger partial charge in [0.15, 0.2) is 0 Å². The van der Waals surface area contributed by atoms with Gasteiger partial charge in [-0.15, -0.1) is 0 Å². The zero-order chi connectivity index (χ0) is 17.1. The van der Waals surface area contributed by atoms with Crippen LogP contribution in [0.2, 0.25) is 0 Å². The Bertz CT molecular complexity index is 547. The maximum absolute atomic E-state index is 11.5. The lowest BCUT2D eigenvalue weighted by Gasteiger charge is -2.09. The summed E-state index contributed by atoms with van der Waals surface area (Å²) in [5.74, 6) is -1.01. The van der Waals surface area contributed by atoms with E-state index in [2.05, 4.69) is 0 Å². The summed E-state index contributed by atoms with van der Waals surface area (Å²) in [5.41, 5.74) is 0.464. The minimum absolute atomic E-state index is 0.264. The van der Waals surface area contributed by atoms with Crippen LogP contribution in [0.5, 0.6) is 5.75 Å². The fourth-order valence-corrected chi connectivity index (χ4v) is 1.86. The topological polar surface area (TPSA) is 85.6 Å². The summed E-state index contributed by atoms with van der Waals surface area (Å²) < 4.78 is 15.2. The molecule has 0 aromatic heterocycles. The van der Waals surface area contributed by atoms with Crippen LogP contribution in [0.25, 0.3) is 0 Å². The molecule has 0 fully saturated rings. The van der Waals surface area contributed by atoms with E-state index in [-0.39, 0.29) is 12.6 Å². The summed E-state index contributed by atoms with van der Waals surface area (Å²) in [4.78, 5) is 23.0. The van der Waals surface area contributed by atoms with Gasteiger partial charge in [-0.3, -0.25) is 4.79 Å². The third kappa shape index (κ3) is 6.39. The Morgan fingerprint density at radius 3 is 2.35 bits per heavy atom. The van der Waals surface area contributed by atoms with Crippen LogP contribution in [-0.2, 0) is 14.3 Å². The smallest absolute Gasteiger partial charge is 0.338 e. The Morgan fingerprint density at radius 1 is 1.13 bits per heavy atom. The van der Waals surface area contributed by atoms with Gasteiger partial charge in [-0.05, 0) is 51.0 Å². The lowest BCUT2D eigenvalue weighted by Crippen LogP contribution is -2.17. The monoisotopic (exact) mass is 319 g/mol. The Kier molecular flexibility index (Phi) is 8.22. The quantitative estimate of drug-likeness (QED) is 0.514. The van der Waals surface area contributed by atoms with Gasteiger partial charge in [0, 0.05) is 0 Å². The third-order valence-electron chi connectivity index (χ3n) is 3.00. The zero-order valence-corrected chi connectivity index (χ0v) is 13.4. The molecule has 0 aliphatic carbocycles. The molecule has 1 aromatic rings. The second-order valence-corrected chi connectivity index (χ2v) is 4.67. The lowest BCUT2D eigenvalue weighted by atomic mass is 10.1. The fraction of sp³-hybridized carbons (Fsp3) is 0.471. The molecule has 6 heteroatoms. The molecule has 1 aromatic carbocycles. The number of esters is 2. The molecule has 0 saturated carbocycles. The predicted octanol–water partition coefficient (Wildman–Crippen LogP) is 2.73. The molecule has 0 aliphatic rings. The van der Waals surface area contributed by atoms with Crippen molar-refractivity contribution < 1.29 is 23.8 Å². The standard InChI is InChI=1S/C17H21NO5/c1-3-21-16(19)13-7-9-15(10-8-13)23-11-5-6-14(12-18)17(20)22-4-2/h7-10,14H,3-6,11H2,1-2H3. The van der Waals surface area contributed by atoms with Crippen molar-refractivity contribution in [2.24, 2.45) is 5.92 Å². The molecule has 0 spiro atoms. The van der Waals surface area contributed by atoms with Gasteiger partial charge in [0.2, 0.25) is 0 Å². The summed E-state index contributed by atoms with van der Waals surface area (Å²) in [6.07, 6.45) is 0.937. The minimum atomic E-state index is -0.759. The maximum atomic E-state index is 11.5. The number of ether oxygens (including phenoxy) is 3. The molecule has 0 aliphatic heterocycles. The van der Waals surface area contributed by atoms with E-state index in [1.165, 1.54) is 0 Å². The maximum Gasteiger partial charge on any atom is 0.338 e. The van der Waals surface area contributed by atoms with Gasteiger partial charge >= 0.3 is 11.9 Å². The number of nitriles is 1. The molecule has 6 nitrogen and oxygen atoms in total. The molecule has 0 radical (unpaired) electrons. The van der Waals surface area contributed by atoms with Gasteiger partial charge < -0.3 is 14.2 Å². The molecule has 0 bridgehead atoms. The largest absolute Gasteiger partial charge is 0.494 e. The van der Waals surface area contributed by atoms with Gasteiger partial charge in [0.05, 0.1) is 31.5 Å². The number of hydrogen-bond donors (Lipinski definition) is 0. The molecule has 23 heavy (non-hydrogen) atoms. The van der Waals surface area contributed by atoms with Gasteiger partial charge in [-0.25, -0.2) is 4.79 Å². The van der Waals surface area contributed by atoms with Crippen molar-refractivity contribution in [1.29, 1.82) is 5.26 Å². The van der Waals surface area contributed by atoms with Crippen LogP contribution >= 0.6 is 0 Å². The summed E-state index contributed by atoms with van der Waals surface area (Å²) >= 11 is 0. The molecule has 1 atom stereocenters. The highest BCUT2D eigenvalue weighted by Crippen LogP contribution is 2.14. The molecule has 124 valence electrons. The fourth-order valence-electron chi connectivity index (χ4n) is 1.86.